The highest BCUT2D eigenvalue weighted by Gasteiger charge is 2.47. The highest BCUT2D eigenvalue weighted by atomic mass is 16.6. The van der Waals surface area contributed by atoms with Gasteiger partial charge >= 0.3 is 0 Å². The molecule has 2 aliphatic rings. The van der Waals surface area contributed by atoms with Gasteiger partial charge in [-0.25, -0.2) is 0 Å². The Kier molecular flexibility index (Phi) is 3.91. The Bertz CT molecular complexity index is 764. The molecule has 130 valence electrons. The molecule has 0 bridgehead atoms. The number of nitro benzene ring substituents is 1. The van der Waals surface area contributed by atoms with Crippen LogP contribution in [0.2, 0.25) is 0 Å². The first-order valence-electron chi connectivity index (χ1n) is 8.45. The molecule has 0 N–H and O–H groups in total. The minimum atomic E-state index is -0.397. The quantitative estimate of drug-likeness (QED) is 0.631. The Labute approximate surface area is 145 Å². The smallest absolute Gasteiger partial charge is 0.269 e. The standard InChI is InChI=1S/C18H19N3O4/c22-18(16-12-15(16)17-2-1-11-25-17)20-9-7-19(8-10-20)13-3-5-14(6-4-13)21(23)24/h1-6,11,15-16H,7-10,12H2. The van der Waals surface area contributed by atoms with E-state index in [0.29, 0.717) is 13.1 Å². The maximum atomic E-state index is 12.6. The number of nitro groups is 1. The van der Waals surface area contributed by atoms with Crippen LogP contribution in [0.1, 0.15) is 18.1 Å². The molecular formula is C18H19N3O4. The lowest BCUT2D eigenvalue weighted by atomic mass is 10.2. The van der Waals surface area contributed by atoms with Gasteiger partial charge < -0.3 is 14.2 Å². The summed E-state index contributed by atoms with van der Waals surface area (Å²) in [5, 5.41) is 10.7. The summed E-state index contributed by atoms with van der Waals surface area (Å²) in [4.78, 5) is 27.0. The summed E-state index contributed by atoms with van der Waals surface area (Å²) in [6.07, 6.45) is 2.52. The van der Waals surface area contributed by atoms with Gasteiger partial charge in [0.2, 0.25) is 5.91 Å². The van der Waals surface area contributed by atoms with Gasteiger partial charge in [-0.1, -0.05) is 0 Å². The molecule has 2 unspecified atom stereocenters. The molecule has 2 heterocycles. The Hall–Kier alpha value is -2.83. The first-order valence-corrected chi connectivity index (χ1v) is 8.45. The molecule has 1 aromatic carbocycles. The fourth-order valence-electron chi connectivity index (χ4n) is 3.49. The molecule has 1 saturated carbocycles. The van der Waals surface area contributed by atoms with Crippen molar-refractivity contribution in [2.75, 3.05) is 31.1 Å². The Morgan fingerprint density at radius 1 is 1.12 bits per heavy atom. The Balaban J connectivity index is 1.32. The van der Waals surface area contributed by atoms with Crippen LogP contribution in [0.5, 0.6) is 0 Å². The average Bonchev–Trinajstić information content (AvgIpc) is 3.26. The normalized spacial score (nSPS) is 22.7. The number of amides is 1. The number of benzene rings is 1. The molecular weight excluding hydrogens is 322 g/mol. The fraction of sp³-hybridized carbons (Fsp3) is 0.389. The van der Waals surface area contributed by atoms with Crippen molar-refractivity contribution in [1.82, 2.24) is 4.90 Å². The van der Waals surface area contributed by atoms with Crippen LogP contribution in [0, 0.1) is 16.0 Å². The summed E-state index contributed by atoms with van der Waals surface area (Å²) in [6.45, 7) is 2.83. The van der Waals surface area contributed by atoms with Gasteiger partial charge in [-0.05, 0) is 30.7 Å². The summed E-state index contributed by atoms with van der Waals surface area (Å²) in [7, 11) is 0. The van der Waals surface area contributed by atoms with E-state index in [1.54, 1.807) is 18.4 Å². The molecule has 0 radical (unpaired) electrons. The number of anilines is 1. The molecule has 1 aliphatic heterocycles. The third-order valence-electron chi connectivity index (χ3n) is 5.03. The lowest BCUT2D eigenvalue weighted by Gasteiger charge is -2.36. The van der Waals surface area contributed by atoms with Gasteiger partial charge in [-0.15, -0.1) is 0 Å². The van der Waals surface area contributed by atoms with Crippen molar-refractivity contribution in [1.29, 1.82) is 0 Å². The van der Waals surface area contributed by atoms with Gasteiger partial charge in [-0.3, -0.25) is 14.9 Å². The van der Waals surface area contributed by atoms with E-state index in [-0.39, 0.29) is 23.4 Å². The van der Waals surface area contributed by atoms with E-state index in [0.717, 1.165) is 31.0 Å². The van der Waals surface area contributed by atoms with Crippen LogP contribution in [0.3, 0.4) is 0 Å². The first-order chi connectivity index (χ1) is 12.1. The molecule has 7 nitrogen and oxygen atoms in total. The third kappa shape index (κ3) is 3.09. The van der Waals surface area contributed by atoms with E-state index in [2.05, 4.69) is 4.90 Å². The summed E-state index contributed by atoms with van der Waals surface area (Å²) >= 11 is 0. The highest BCUT2D eigenvalue weighted by molar-refractivity contribution is 5.83. The van der Waals surface area contributed by atoms with E-state index >= 15 is 0 Å². The lowest BCUT2D eigenvalue weighted by molar-refractivity contribution is -0.384. The van der Waals surface area contributed by atoms with Gasteiger partial charge in [0.15, 0.2) is 0 Å². The van der Waals surface area contributed by atoms with Crippen molar-refractivity contribution in [3.63, 3.8) is 0 Å². The number of nitrogens with zero attached hydrogens (tertiary/aromatic N) is 3. The molecule has 7 heteroatoms. The van der Waals surface area contributed by atoms with Crippen LogP contribution >= 0.6 is 0 Å². The molecule has 1 saturated heterocycles. The van der Waals surface area contributed by atoms with Crippen LogP contribution in [-0.2, 0) is 4.79 Å². The number of furan rings is 1. The Morgan fingerprint density at radius 3 is 2.44 bits per heavy atom. The van der Waals surface area contributed by atoms with Gasteiger partial charge in [0.1, 0.15) is 5.76 Å². The van der Waals surface area contributed by atoms with E-state index in [9.17, 15) is 14.9 Å². The van der Waals surface area contributed by atoms with Gasteiger partial charge in [0, 0.05) is 55.8 Å². The van der Waals surface area contributed by atoms with Crippen LogP contribution < -0.4 is 4.90 Å². The van der Waals surface area contributed by atoms with E-state index in [1.165, 1.54) is 12.1 Å². The molecule has 2 atom stereocenters. The predicted octanol–water partition coefficient (Wildman–Crippen LogP) is 2.64. The molecule has 25 heavy (non-hydrogen) atoms. The Morgan fingerprint density at radius 2 is 1.84 bits per heavy atom. The summed E-state index contributed by atoms with van der Waals surface area (Å²) in [5.41, 5.74) is 1.05. The molecule has 1 aromatic heterocycles. The second-order valence-corrected chi connectivity index (χ2v) is 6.55. The zero-order valence-electron chi connectivity index (χ0n) is 13.7. The first kappa shape index (κ1) is 15.7. The van der Waals surface area contributed by atoms with Crippen molar-refractivity contribution in [3.05, 3.63) is 58.5 Å². The fourth-order valence-corrected chi connectivity index (χ4v) is 3.49. The zero-order valence-corrected chi connectivity index (χ0v) is 13.7. The maximum Gasteiger partial charge on any atom is 0.269 e. The largest absolute Gasteiger partial charge is 0.469 e. The van der Waals surface area contributed by atoms with Crippen LogP contribution in [0.4, 0.5) is 11.4 Å². The van der Waals surface area contributed by atoms with Crippen molar-refractivity contribution in [2.45, 2.75) is 12.3 Å². The maximum absolute atomic E-state index is 12.6. The number of carbonyl (C=O) groups excluding carboxylic acids is 1. The average molecular weight is 341 g/mol. The number of hydrogen-bond donors (Lipinski definition) is 0. The molecule has 1 aliphatic carbocycles. The summed E-state index contributed by atoms with van der Waals surface area (Å²) < 4.78 is 5.40. The van der Waals surface area contributed by atoms with E-state index in [4.69, 9.17) is 4.42 Å². The van der Waals surface area contributed by atoms with Crippen LogP contribution in [-0.4, -0.2) is 41.9 Å². The van der Waals surface area contributed by atoms with E-state index in [1.807, 2.05) is 17.0 Å². The zero-order chi connectivity index (χ0) is 17.4. The van der Waals surface area contributed by atoms with Gasteiger partial charge in [0.25, 0.3) is 5.69 Å². The minimum absolute atomic E-state index is 0.0528. The molecule has 2 aromatic rings. The van der Waals surface area contributed by atoms with Crippen molar-refractivity contribution < 1.29 is 14.1 Å². The number of hydrogen-bond acceptors (Lipinski definition) is 5. The third-order valence-corrected chi connectivity index (χ3v) is 5.03. The number of rotatable bonds is 4. The second kappa shape index (κ2) is 6.23. The lowest BCUT2D eigenvalue weighted by Crippen LogP contribution is -2.49. The second-order valence-electron chi connectivity index (χ2n) is 6.55. The monoisotopic (exact) mass is 341 g/mol. The summed E-state index contributed by atoms with van der Waals surface area (Å²) in [5.74, 6) is 1.40. The minimum Gasteiger partial charge on any atom is -0.469 e. The predicted molar refractivity (Wildman–Crippen MR) is 91.4 cm³/mol. The molecule has 2 fully saturated rings. The molecule has 1 amide bonds. The van der Waals surface area contributed by atoms with Crippen molar-refractivity contribution in [2.24, 2.45) is 5.92 Å². The van der Waals surface area contributed by atoms with Crippen LogP contribution in [0.15, 0.2) is 47.1 Å². The van der Waals surface area contributed by atoms with Crippen LogP contribution in [0.25, 0.3) is 0 Å². The molecule has 4 rings (SSSR count). The number of piperazine rings is 1. The SMILES string of the molecule is O=C(C1CC1c1ccco1)N1CCN(c2ccc([N+](=O)[O-])cc2)CC1. The van der Waals surface area contributed by atoms with E-state index < -0.39 is 4.92 Å². The van der Waals surface area contributed by atoms with Crippen molar-refractivity contribution >= 4 is 17.3 Å². The molecule has 0 spiro atoms. The topological polar surface area (TPSA) is 79.8 Å². The number of carbonyl (C=O) groups is 1. The highest BCUT2D eigenvalue weighted by Crippen LogP contribution is 2.48. The summed E-state index contributed by atoms with van der Waals surface area (Å²) in [6, 6.07) is 10.4. The van der Waals surface area contributed by atoms with Gasteiger partial charge in [0.05, 0.1) is 11.2 Å². The van der Waals surface area contributed by atoms with Crippen molar-refractivity contribution in [3.8, 4) is 0 Å². The van der Waals surface area contributed by atoms with Gasteiger partial charge in [-0.2, -0.15) is 0 Å². The number of non-ortho nitro benzene ring substituents is 1.